The number of nitrogens with two attached hydrogens (primary N) is 2. The summed E-state index contributed by atoms with van der Waals surface area (Å²) in [5.41, 5.74) is 11.6. The van der Waals surface area contributed by atoms with Crippen molar-refractivity contribution in [2.24, 2.45) is 11.5 Å². The molecule has 0 heterocycles. The molecule has 0 fully saturated rings. The van der Waals surface area contributed by atoms with Crippen molar-refractivity contribution in [3.63, 3.8) is 0 Å². The summed E-state index contributed by atoms with van der Waals surface area (Å²) in [7, 11) is 0. The van der Waals surface area contributed by atoms with Crippen LogP contribution in [0.3, 0.4) is 0 Å². The molecule has 0 aromatic heterocycles. The Hall–Kier alpha value is -0.0800. The zero-order chi connectivity index (χ0) is 13.0. The average molecular weight is 242 g/mol. The second-order valence-electron chi connectivity index (χ2n) is 5.56. The number of rotatable bonds is 12. The van der Waals surface area contributed by atoms with Gasteiger partial charge in [-0.3, -0.25) is 0 Å². The highest BCUT2D eigenvalue weighted by atomic mass is 14.9. The molecule has 0 bridgehead atoms. The fourth-order valence-corrected chi connectivity index (χ4v) is 2.36. The lowest BCUT2D eigenvalue weighted by atomic mass is 9.98. The van der Waals surface area contributed by atoms with E-state index in [0.29, 0.717) is 0 Å². The van der Waals surface area contributed by atoms with E-state index in [4.69, 9.17) is 11.5 Å². The second kappa shape index (κ2) is 11.0. The molecule has 0 aliphatic heterocycles. The van der Waals surface area contributed by atoms with Crippen LogP contribution in [-0.2, 0) is 0 Å². The molecule has 0 atom stereocenters. The van der Waals surface area contributed by atoms with Gasteiger partial charge in [0.2, 0.25) is 0 Å². The van der Waals surface area contributed by atoms with Crippen LogP contribution in [0.5, 0.6) is 0 Å². The van der Waals surface area contributed by atoms with Gasteiger partial charge in [0.15, 0.2) is 0 Å². The minimum absolute atomic E-state index is 0.407. The Morgan fingerprint density at radius 3 is 1.53 bits per heavy atom. The van der Waals surface area contributed by atoms with Crippen LogP contribution in [0.4, 0.5) is 0 Å². The number of hydrogen-bond acceptors (Lipinski definition) is 2. The van der Waals surface area contributed by atoms with Gasteiger partial charge >= 0.3 is 0 Å². The van der Waals surface area contributed by atoms with Crippen LogP contribution in [-0.4, -0.2) is 5.66 Å². The lowest BCUT2D eigenvalue weighted by molar-refractivity contribution is 0.357. The molecule has 0 aliphatic carbocycles. The first-order valence-electron chi connectivity index (χ1n) is 7.70. The zero-order valence-electron chi connectivity index (χ0n) is 12.1. The summed E-state index contributed by atoms with van der Waals surface area (Å²) in [6, 6.07) is 0. The molecule has 0 radical (unpaired) electrons. The third kappa shape index (κ3) is 12.2. The van der Waals surface area contributed by atoms with Crippen molar-refractivity contribution in [3.05, 3.63) is 0 Å². The van der Waals surface area contributed by atoms with Crippen molar-refractivity contribution in [1.29, 1.82) is 0 Å². The van der Waals surface area contributed by atoms with Crippen molar-refractivity contribution in [2.75, 3.05) is 0 Å². The van der Waals surface area contributed by atoms with Gasteiger partial charge in [-0.25, -0.2) is 0 Å². The molecule has 17 heavy (non-hydrogen) atoms. The molecular formula is C15H34N2. The SMILES string of the molecule is CCCCCCCCCCCC(N)(N)CCC. The zero-order valence-corrected chi connectivity index (χ0v) is 12.1. The lowest BCUT2D eigenvalue weighted by Crippen LogP contribution is -2.48. The molecular weight excluding hydrogens is 208 g/mol. The highest BCUT2D eigenvalue weighted by molar-refractivity contribution is 4.75. The quantitative estimate of drug-likeness (QED) is 0.395. The van der Waals surface area contributed by atoms with E-state index in [-0.39, 0.29) is 0 Å². The highest BCUT2D eigenvalue weighted by Crippen LogP contribution is 2.15. The van der Waals surface area contributed by atoms with Gasteiger partial charge in [-0.1, -0.05) is 78.1 Å². The van der Waals surface area contributed by atoms with E-state index in [1.165, 1.54) is 57.8 Å². The van der Waals surface area contributed by atoms with Crippen LogP contribution < -0.4 is 11.5 Å². The van der Waals surface area contributed by atoms with Gasteiger partial charge in [0.1, 0.15) is 0 Å². The van der Waals surface area contributed by atoms with E-state index in [9.17, 15) is 0 Å². The van der Waals surface area contributed by atoms with Gasteiger partial charge in [-0.05, 0) is 12.8 Å². The molecule has 104 valence electrons. The molecule has 0 aromatic carbocycles. The second-order valence-corrected chi connectivity index (χ2v) is 5.56. The summed E-state index contributed by atoms with van der Waals surface area (Å²) in [4.78, 5) is 0. The van der Waals surface area contributed by atoms with Gasteiger partial charge < -0.3 is 11.5 Å². The Kier molecular flexibility index (Phi) is 11.0. The standard InChI is InChI=1S/C15H34N2/c1-3-5-6-7-8-9-10-11-12-14-15(16,17)13-4-2/h3-14,16-17H2,1-2H3. The fourth-order valence-electron chi connectivity index (χ4n) is 2.36. The molecule has 0 spiro atoms. The molecule has 2 nitrogen and oxygen atoms in total. The fraction of sp³-hybridized carbons (Fsp3) is 1.00. The van der Waals surface area contributed by atoms with Gasteiger partial charge in [-0.15, -0.1) is 0 Å². The molecule has 4 N–H and O–H groups in total. The first kappa shape index (κ1) is 16.9. The van der Waals surface area contributed by atoms with E-state index in [1.807, 2.05) is 0 Å². The molecule has 0 amide bonds. The van der Waals surface area contributed by atoms with Crippen molar-refractivity contribution < 1.29 is 0 Å². The maximum absolute atomic E-state index is 6.00. The van der Waals surface area contributed by atoms with E-state index in [0.717, 1.165) is 19.3 Å². The molecule has 0 aromatic rings. The first-order valence-corrected chi connectivity index (χ1v) is 7.70. The Morgan fingerprint density at radius 2 is 1.06 bits per heavy atom. The van der Waals surface area contributed by atoms with Gasteiger partial charge in [0, 0.05) is 0 Å². The van der Waals surface area contributed by atoms with Gasteiger partial charge in [0.25, 0.3) is 0 Å². The van der Waals surface area contributed by atoms with Crippen LogP contribution in [0.2, 0.25) is 0 Å². The van der Waals surface area contributed by atoms with Crippen molar-refractivity contribution in [1.82, 2.24) is 0 Å². The molecule has 0 unspecified atom stereocenters. The van der Waals surface area contributed by atoms with E-state index >= 15 is 0 Å². The predicted octanol–water partition coefficient (Wildman–Crippen LogP) is 4.32. The maximum atomic E-state index is 6.00. The normalized spacial score (nSPS) is 12.0. The number of unbranched alkanes of at least 4 members (excludes halogenated alkanes) is 8. The van der Waals surface area contributed by atoms with Crippen molar-refractivity contribution in [2.45, 2.75) is 96.6 Å². The minimum atomic E-state index is -0.407. The maximum Gasteiger partial charge on any atom is 0.0636 e. The summed E-state index contributed by atoms with van der Waals surface area (Å²) in [6.45, 7) is 4.41. The van der Waals surface area contributed by atoms with E-state index < -0.39 is 5.66 Å². The smallest absolute Gasteiger partial charge is 0.0636 e. The lowest BCUT2D eigenvalue weighted by Gasteiger charge is -2.23. The van der Waals surface area contributed by atoms with Crippen LogP contribution in [0, 0.1) is 0 Å². The predicted molar refractivity (Wildman–Crippen MR) is 77.9 cm³/mol. The van der Waals surface area contributed by atoms with Crippen molar-refractivity contribution in [3.8, 4) is 0 Å². The van der Waals surface area contributed by atoms with Gasteiger partial charge in [-0.2, -0.15) is 0 Å². The van der Waals surface area contributed by atoms with E-state index in [1.54, 1.807) is 0 Å². The molecule has 2 heteroatoms. The van der Waals surface area contributed by atoms with Gasteiger partial charge in [0.05, 0.1) is 5.66 Å². The molecule has 0 rings (SSSR count). The van der Waals surface area contributed by atoms with E-state index in [2.05, 4.69) is 13.8 Å². The summed E-state index contributed by atoms with van der Waals surface area (Å²) in [5.74, 6) is 0. The Labute approximate surface area is 109 Å². The summed E-state index contributed by atoms with van der Waals surface area (Å²) < 4.78 is 0. The molecule has 0 aliphatic rings. The third-order valence-corrected chi connectivity index (χ3v) is 3.46. The van der Waals surface area contributed by atoms with Crippen molar-refractivity contribution >= 4 is 0 Å². The average Bonchev–Trinajstić information content (AvgIpc) is 2.27. The van der Waals surface area contributed by atoms with Crippen LogP contribution in [0.25, 0.3) is 0 Å². The van der Waals surface area contributed by atoms with Crippen LogP contribution in [0.1, 0.15) is 90.9 Å². The minimum Gasteiger partial charge on any atom is -0.313 e. The molecule has 0 saturated heterocycles. The Balaban J connectivity index is 3.18. The summed E-state index contributed by atoms with van der Waals surface area (Å²) in [6.07, 6.45) is 15.2. The first-order chi connectivity index (χ1) is 8.12. The third-order valence-electron chi connectivity index (χ3n) is 3.46. The van der Waals surface area contributed by atoms with Crippen LogP contribution >= 0.6 is 0 Å². The monoisotopic (exact) mass is 242 g/mol. The molecule has 0 saturated carbocycles. The Morgan fingerprint density at radius 1 is 0.588 bits per heavy atom. The van der Waals surface area contributed by atoms with Crippen LogP contribution in [0.15, 0.2) is 0 Å². The highest BCUT2D eigenvalue weighted by Gasteiger charge is 2.16. The largest absolute Gasteiger partial charge is 0.313 e. The summed E-state index contributed by atoms with van der Waals surface area (Å²) >= 11 is 0. The topological polar surface area (TPSA) is 52.0 Å². The Bertz CT molecular complexity index is 155. The number of hydrogen-bond donors (Lipinski definition) is 2. The summed E-state index contributed by atoms with van der Waals surface area (Å²) in [5, 5.41) is 0.